The van der Waals surface area contributed by atoms with Crippen molar-refractivity contribution in [2.45, 2.75) is 63.2 Å². The lowest BCUT2D eigenvalue weighted by molar-refractivity contribution is 0.0173. The summed E-state index contributed by atoms with van der Waals surface area (Å²) in [6.45, 7) is 8.76. The number of ether oxygens (including phenoxy) is 2. The van der Waals surface area contributed by atoms with Crippen LogP contribution in [0, 0.1) is 5.41 Å². The number of benzene rings is 2. The molecular formula is C25H31N3O3S. The van der Waals surface area contributed by atoms with Crippen LogP contribution in [0.2, 0.25) is 0 Å². The van der Waals surface area contributed by atoms with Crippen LogP contribution in [0.3, 0.4) is 0 Å². The fraction of sp³-hybridized carbons (Fsp3) is 0.440. The van der Waals surface area contributed by atoms with E-state index in [-0.39, 0.29) is 15.8 Å². The van der Waals surface area contributed by atoms with Crippen molar-refractivity contribution in [2.75, 3.05) is 6.61 Å². The molecule has 2 atom stereocenters. The van der Waals surface area contributed by atoms with Crippen molar-refractivity contribution in [3.8, 4) is 17.2 Å². The minimum atomic E-state index is -0.441. The summed E-state index contributed by atoms with van der Waals surface area (Å²) in [5.41, 5.74) is 8.36. The molecule has 0 spiro atoms. The SMILES string of the molecule is CC1(COc2ccc(CC3SC(=N)N=C3N)cc2)CCc2cc(O)c(C(C)(C)C)cc2O1. The monoisotopic (exact) mass is 453 g/mol. The van der Waals surface area contributed by atoms with Gasteiger partial charge in [0, 0.05) is 5.56 Å². The highest BCUT2D eigenvalue weighted by atomic mass is 32.2. The molecule has 7 heteroatoms. The van der Waals surface area contributed by atoms with Gasteiger partial charge in [0.05, 0.1) is 5.25 Å². The van der Waals surface area contributed by atoms with E-state index in [4.69, 9.17) is 20.6 Å². The average Bonchev–Trinajstić information content (AvgIpc) is 3.03. The normalized spacial score (nSPS) is 22.8. The number of phenols is 1. The van der Waals surface area contributed by atoms with Crippen LogP contribution in [-0.2, 0) is 18.3 Å². The minimum absolute atomic E-state index is 0.0290. The molecule has 2 aromatic rings. The summed E-state index contributed by atoms with van der Waals surface area (Å²) >= 11 is 1.39. The molecule has 4 N–H and O–H groups in total. The molecule has 2 unspecified atom stereocenters. The van der Waals surface area contributed by atoms with E-state index in [0.717, 1.165) is 47.5 Å². The van der Waals surface area contributed by atoms with Gasteiger partial charge in [0.1, 0.15) is 35.3 Å². The van der Waals surface area contributed by atoms with E-state index in [0.29, 0.717) is 18.2 Å². The van der Waals surface area contributed by atoms with Gasteiger partial charge in [-0.2, -0.15) is 0 Å². The molecule has 2 heterocycles. The first-order chi connectivity index (χ1) is 15.0. The smallest absolute Gasteiger partial charge is 0.182 e. The van der Waals surface area contributed by atoms with Crippen molar-refractivity contribution in [1.29, 1.82) is 5.41 Å². The van der Waals surface area contributed by atoms with Gasteiger partial charge in [0.15, 0.2) is 5.17 Å². The Kier molecular flexibility index (Phi) is 5.88. The maximum atomic E-state index is 10.4. The second kappa shape index (κ2) is 8.35. The number of rotatable bonds is 5. The summed E-state index contributed by atoms with van der Waals surface area (Å²) in [4.78, 5) is 4.00. The number of fused-ring (bicyclic) bond motifs is 1. The van der Waals surface area contributed by atoms with Gasteiger partial charge >= 0.3 is 0 Å². The third kappa shape index (κ3) is 4.88. The molecule has 0 radical (unpaired) electrons. The summed E-state index contributed by atoms with van der Waals surface area (Å²) in [5.74, 6) is 2.48. The van der Waals surface area contributed by atoms with Gasteiger partial charge in [-0.1, -0.05) is 44.7 Å². The molecule has 6 nitrogen and oxygen atoms in total. The van der Waals surface area contributed by atoms with Gasteiger partial charge in [0.25, 0.3) is 0 Å². The fourth-order valence-corrected chi connectivity index (χ4v) is 4.93. The predicted octanol–water partition coefficient (Wildman–Crippen LogP) is 4.80. The Morgan fingerprint density at radius 1 is 1.28 bits per heavy atom. The number of aryl methyl sites for hydroxylation is 1. The van der Waals surface area contributed by atoms with E-state index in [9.17, 15) is 5.11 Å². The number of hydrogen-bond acceptors (Lipinski definition) is 6. The molecular weight excluding hydrogens is 422 g/mol. The summed E-state index contributed by atoms with van der Waals surface area (Å²) in [5, 5.41) is 18.4. The van der Waals surface area contributed by atoms with Crippen molar-refractivity contribution >= 4 is 22.8 Å². The number of thioether (sulfide) groups is 1. The maximum absolute atomic E-state index is 10.4. The zero-order chi connectivity index (χ0) is 23.1. The number of hydrogen-bond donors (Lipinski definition) is 3. The summed E-state index contributed by atoms with van der Waals surface area (Å²) in [6, 6.07) is 11.8. The Hall–Kier alpha value is -2.67. The van der Waals surface area contributed by atoms with Crippen LogP contribution in [-0.4, -0.2) is 33.6 Å². The first kappa shape index (κ1) is 22.5. The van der Waals surface area contributed by atoms with Crippen LogP contribution < -0.4 is 15.2 Å². The van der Waals surface area contributed by atoms with Gasteiger partial charge in [-0.05, 0) is 67.0 Å². The van der Waals surface area contributed by atoms with Crippen molar-refractivity contribution in [3.63, 3.8) is 0 Å². The number of aromatic hydroxyl groups is 1. The molecule has 2 aliphatic rings. The summed E-state index contributed by atoms with van der Waals surface area (Å²) in [6.07, 6.45) is 2.39. The highest BCUT2D eigenvalue weighted by molar-refractivity contribution is 8.15. The topological polar surface area (TPSA) is 101 Å². The Bertz CT molecular complexity index is 1060. The second-order valence-electron chi connectivity index (χ2n) is 9.86. The van der Waals surface area contributed by atoms with Gasteiger partial charge < -0.3 is 20.3 Å². The van der Waals surface area contributed by atoms with Crippen LogP contribution in [0.4, 0.5) is 0 Å². The number of amidine groups is 2. The maximum Gasteiger partial charge on any atom is 0.182 e. The van der Waals surface area contributed by atoms with Crippen molar-refractivity contribution < 1.29 is 14.6 Å². The van der Waals surface area contributed by atoms with E-state index in [1.54, 1.807) is 0 Å². The molecule has 2 aromatic carbocycles. The first-order valence-electron chi connectivity index (χ1n) is 10.9. The van der Waals surface area contributed by atoms with Crippen LogP contribution >= 0.6 is 11.8 Å². The van der Waals surface area contributed by atoms with Crippen LogP contribution in [0.5, 0.6) is 17.2 Å². The number of nitrogens with two attached hydrogens (primary N) is 1. The van der Waals surface area contributed by atoms with E-state index in [2.05, 4.69) is 32.7 Å². The summed E-state index contributed by atoms with van der Waals surface area (Å²) in [7, 11) is 0. The molecule has 4 rings (SSSR count). The highest BCUT2D eigenvalue weighted by Crippen LogP contribution is 2.41. The van der Waals surface area contributed by atoms with Crippen LogP contribution in [0.15, 0.2) is 41.4 Å². The molecule has 170 valence electrons. The zero-order valence-corrected chi connectivity index (χ0v) is 19.9. The van der Waals surface area contributed by atoms with Crippen molar-refractivity contribution in [3.05, 3.63) is 53.1 Å². The molecule has 2 aliphatic heterocycles. The third-order valence-electron chi connectivity index (χ3n) is 5.97. The number of aliphatic imine (C=N–C) groups is 1. The molecule has 0 fully saturated rings. The van der Waals surface area contributed by atoms with Gasteiger partial charge in [0.2, 0.25) is 0 Å². The first-order valence-corrected chi connectivity index (χ1v) is 11.8. The predicted molar refractivity (Wildman–Crippen MR) is 131 cm³/mol. The molecule has 0 aromatic heterocycles. The Balaban J connectivity index is 1.39. The molecule has 0 amide bonds. The van der Waals surface area contributed by atoms with Crippen molar-refractivity contribution in [2.24, 2.45) is 10.7 Å². The minimum Gasteiger partial charge on any atom is -0.508 e. The largest absolute Gasteiger partial charge is 0.508 e. The molecule has 0 saturated carbocycles. The highest BCUT2D eigenvalue weighted by Gasteiger charge is 2.34. The molecule has 0 bridgehead atoms. The molecule has 0 aliphatic carbocycles. The Labute approximate surface area is 193 Å². The van der Waals surface area contributed by atoms with E-state index >= 15 is 0 Å². The van der Waals surface area contributed by atoms with Gasteiger partial charge in [-0.3, -0.25) is 5.41 Å². The van der Waals surface area contributed by atoms with Crippen LogP contribution in [0.25, 0.3) is 0 Å². The van der Waals surface area contributed by atoms with Crippen LogP contribution in [0.1, 0.15) is 50.8 Å². The molecule has 0 saturated heterocycles. The van der Waals surface area contributed by atoms with Crippen molar-refractivity contribution in [1.82, 2.24) is 0 Å². The van der Waals surface area contributed by atoms with Gasteiger partial charge in [-0.25, -0.2) is 4.99 Å². The zero-order valence-electron chi connectivity index (χ0n) is 19.1. The number of nitrogens with zero attached hydrogens (tertiary/aromatic N) is 1. The quantitative estimate of drug-likeness (QED) is 0.604. The van der Waals surface area contributed by atoms with Gasteiger partial charge in [-0.15, -0.1) is 0 Å². The lowest BCUT2D eigenvalue weighted by atomic mass is 9.84. The second-order valence-corrected chi connectivity index (χ2v) is 11.1. The number of phenolic OH excluding ortho intramolecular Hbond substituents is 1. The summed E-state index contributed by atoms with van der Waals surface area (Å²) < 4.78 is 12.5. The fourth-order valence-electron chi connectivity index (χ4n) is 4.05. The standard InChI is InChI=1S/C25H31N3O3S/c1-24(2,3)18-13-20-16(12-19(18)29)9-10-25(4,31-20)14-30-17-7-5-15(6-8-17)11-21-22(26)28-23(27)32-21/h5-8,12-13,21,29H,9-11,14H2,1-4H3,(H3,26,27,28). The van der Waals surface area contributed by atoms with E-state index < -0.39 is 5.60 Å². The third-order valence-corrected chi connectivity index (χ3v) is 6.98. The average molecular weight is 454 g/mol. The Morgan fingerprint density at radius 2 is 2.00 bits per heavy atom. The van der Waals surface area contributed by atoms with E-state index in [1.807, 2.05) is 36.4 Å². The Morgan fingerprint density at radius 3 is 2.62 bits per heavy atom. The molecule has 32 heavy (non-hydrogen) atoms. The number of nitrogens with one attached hydrogen (secondary N) is 1. The van der Waals surface area contributed by atoms with E-state index in [1.165, 1.54) is 11.8 Å². The lowest BCUT2D eigenvalue weighted by Gasteiger charge is -2.36. The lowest BCUT2D eigenvalue weighted by Crippen LogP contribution is -2.42.